The summed E-state index contributed by atoms with van der Waals surface area (Å²) in [5.41, 5.74) is -0.133. The van der Waals surface area contributed by atoms with Crippen LogP contribution in [0.25, 0.3) is 0 Å². The van der Waals surface area contributed by atoms with Crippen molar-refractivity contribution in [3.05, 3.63) is 18.0 Å². The number of aromatic nitrogens is 1. The van der Waals surface area contributed by atoms with Gasteiger partial charge in [-0.2, -0.15) is 0 Å². The Balaban J connectivity index is 2.11. The molecular weight excluding hydrogens is 256 g/mol. The van der Waals surface area contributed by atoms with Gasteiger partial charge < -0.3 is 10.1 Å². The van der Waals surface area contributed by atoms with E-state index in [1.807, 2.05) is 6.92 Å². The highest BCUT2D eigenvalue weighted by molar-refractivity contribution is 7.89. The molecule has 1 fully saturated rings. The highest BCUT2D eigenvalue weighted by Crippen LogP contribution is 2.30. The quantitative estimate of drug-likeness (QED) is 0.749. The summed E-state index contributed by atoms with van der Waals surface area (Å²) in [6.45, 7) is 1.84. The number of sulfonamides is 1. The van der Waals surface area contributed by atoms with Gasteiger partial charge in [0, 0.05) is 12.2 Å². The van der Waals surface area contributed by atoms with Gasteiger partial charge in [0.2, 0.25) is 10.0 Å². The number of H-pyrrole nitrogens is 1. The Morgan fingerprint density at radius 3 is 2.67 bits per heavy atom. The van der Waals surface area contributed by atoms with Gasteiger partial charge in [-0.05, 0) is 31.7 Å². The number of aromatic amines is 1. The number of rotatable bonds is 5. The van der Waals surface area contributed by atoms with Gasteiger partial charge in [0.15, 0.2) is 0 Å². The van der Waals surface area contributed by atoms with E-state index in [9.17, 15) is 13.2 Å². The Morgan fingerprint density at radius 1 is 1.56 bits per heavy atom. The van der Waals surface area contributed by atoms with Crippen molar-refractivity contribution in [1.82, 2.24) is 9.71 Å². The summed E-state index contributed by atoms with van der Waals surface area (Å²) in [6, 6.07) is 1.00. The third-order valence-electron chi connectivity index (χ3n) is 3.40. The van der Waals surface area contributed by atoms with Gasteiger partial charge in [0.25, 0.3) is 0 Å². The van der Waals surface area contributed by atoms with Crippen LogP contribution in [0.15, 0.2) is 17.2 Å². The molecule has 0 amide bonds. The molecule has 1 aliphatic carbocycles. The van der Waals surface area contributed by atoms with Crippen molar-refractivity contribution in [2.75, 3.05) is 0 Å². The molecule has 1 aromatic rings. The van der Waals surface area contributed by atoms with Crippen molar-refractivity contribution in [1.29, 1.82) is 0 Å². The molecule has 1 unspecified atom stereocenters. The molecule has 18 heavy (non-hydrogen) atoms. The molecule has 0 spiro atoms. The summed E-state index contributed by atoms with van der Waals surface area (Å²) in [7, 11) is -3.64. The molecule has 2 rings (SSSR count). The molecule has 0 aromatic carbocycles. The zero-order valence-corrected chi connectivity index (χ0v) is 10.8. The number of carboxylic acids is 1. The summed E-state index contributed by atoms with van der Waals surface area (Å²) in [5.74, 6) is -0.791. The second kappa shape index (κ2) is 4.74. The first-order chi connectivity index (χ1) is 8.40. The van der Waals surface area contributed by atoms with Crippen molar-refractivity contribution in [3.8, 4) is 0 Å². The second-order valence-corrected chi connectivity index (χ2v) is 6.37. The molecule has 1 atom stereocenters. The molecule has 6 nitrogen and oxygen atoms in total. The van der Waals surface area contributed by atoms with Crippen LogP contribution >= 0.6 is 0 Å². The first-order valence-electron chi connectivity index (χ1n) is 5.84. The minimum Gasteiger partial charge on any atom is -0.477 e. The van der Waals surface area contributed by atoms with E-state index in [-0.39, 0.29) is 16.6 Å². The van der Waals surface area contributed by atoms with E-state index in [2.05, 4.69) is 9.71 Å². The first kappa shape index (κ1) is 13.1. The SMILES string of the molecule is CC(NS(=O)(=O)c1c[nH]c(C(=O)O)c1)C1CCC1. The van der Waals surface area contributed by atoms with Crippen LogP contribution < -0.4 is 4.72 Å². The third kappa shape index (κ3) is 2.56. The van der Waals surface area contributed by atoms with Crippen molar-refractivity contribution < 1.29 is 18.3 Å². The summed E-state index contributed by atoms with van der Waals surface area (Å²) in [6.07, 6.45) is 4.41. The number of carboxylic acid groups (broad SMARTS) is 1. The Hall–Kier alpha value is -1.34. The van der Waals surface area contributed by atoms with E-state index in [0.29, 0.717) is 5.92 Å². The average Bonchev–Trinajstić information content (AvgIpc) is 2.61. The Morgan fingerprint density at radius 2 is 2.22 bits per heavy atom. The van der Waals surface area contributed by atoms with Gasteiger partial charge in [0.1, 0.15) is 10.6 Å². The highest BCUT2D eigenvalue weighted by atomic mass is 32.2. The maximum absolute atomic E-state index is 12.0. The van der Waals surface area contributed by atoms with Crippen LogP contribution in [0.2, 0.25) is 0 Å². The molecule has 1 aromatic heterocycles. The van der Waals surface area contributed by atoms with Gasteiger partial charge >= 0.3 is 5.97 Å². The van der Waals surface area contributed by atoms with Crippen molar-refractivity contribution in [2.24, 2.45) is 5.92 Å². The lowest BCUT2D eigenvalue weighted by Gasteiger charge is -2.31. The van der Waals surface area contributed by atoms with E-state index in [1.165, 1.54) is 6.20 Å². The summed E-state index contributed by atoms with van der Waals surface area (Å²) >= 11 is 0. The molecule has 1 heterocycles. The predicted octanol–water partition coefficient (Wildman–Crippen LogP) is 1.18. The number of hydrogen-bond acceptors (Lipinski definition) is 3. The molecule has 1 saturated carbocycles. The summed E-state index contributed by atoms with van der Waals surface area (Å²) < 4.78 is 26.6. The van der Waals surface area contributed by atoms with Gasteiger partial charge in [-0.25, -0.2) is 17.9 Å². The fourth-order valence-corrected chi connectivity index (χ4v) is 3.31. The molecule has 1 aliphatic rings. The maximum Gasteiger partial charge on any atom is 0.352 e. The molecular formula is C11H16N2O4S. The van der Waals surface area contributed by atoms with Crippen molar-refractivity contribution >= 4 is 16.0 Å². The lowest BCUT2D eigenvalue weighted by molar-refractivity contribution is 0.0691. The third-order valence-corrected chi connectivity index (χ3v) is 4.93. The molecule has 0 radical (unpaired) electrons. The van der Waals surface area contributed by atoms with E-state index in [4.69, 9.17) is 5.11 Å². The average molecular weight is 272 g/mol. The largest absolute Gasteiger partial charge is 0.477 e. The second-order valence-electron chi connectivity index (χ2n) is 4.66. The van der Waals surface area contributed by atoms with Crippen LogP contribution in [-0.4, -0.2) is 30.5 Å². The lowest BCUT2D eigenvalue weighted by atomic mass is 9.81. The minimum absolute atomic E-state index is 0.0360. The molecule has 0 saturated heterocycles. The Bertz CT molecular complexity index is 545. The molecule has 100 valence electrons. The topological polar surface area (TPSA) is 99.3 Å². The van der Waals surface area contributed by atoms with Crippen LogP contribution in [0.5, 0.6) is 0 Å². The highest BCUT2D eigenvalue weighted by Gasteiger charge is 2.28. The zero-order chi connectivity index (χ0) is 13.3. The van der Waals surface area contributed by atoms with E-state index < -0.39 is 16.0 Å². The summed E-state index contributed by atoms with van der Waals surface area (Å²) in [4.78, 5) is 13.1. The Kier molecular flexibility index (Phi) is 3.45. The monoisotopic (exact) mass is 272 g/mol. The maximum atomic E-state index is 12.0. The van der Waals surface area contributed by atoms with E-state index >= 15 is 0 Å². The van der Waals surface area contributed by atoms with Crippen molar-refractivity contribution in [3.63, 3.8) is 0 Å². The number of hydrogen-bond donors (Lipinski definition) is 3. The van der Waals surface area contributed by atoms with Crippen LogP contribution in [0, 0.1) is 5.92 Å². The van der Waals surface area contributed by atoms with Gasteiger partial charge in [-0.3, -0.25) is 0 Å². The van der Waals surface area contributed by atoms with Crippen molar-refractivity contribution in [2.45, 2.75) is 37.1 Å². The minimum atomic E-state index is -3.64. The van der Waals surface area contributed by atoms with Gasteiger partial charge in [-0.1, -0.05) is 6.42 Å². The molecule has 0 aliphatic heterocycles. The van der Waals surface area contributed by atoms with E-state index in [0.717, 1.165) is 25.3 Å². The van der Waals surface area contributed by atoms with Crippen LogP contribution in [-0.2, 0) is 10.0 Å². The van der Waals surface area contributed by atoms with E-state index in [1.54, 1.807) is 0 Å². The number of aromatic carboxylic acids is 1. The smallest absolute Gasteiger partial charge is 0.352 e. The molecule has 7 heteroatoms. The normalized spacial score (nSPS) is 18.3. The van der Waals surface area contributed by atoms with Crippen LogP contribution in [0.4, 0.5) is 0 Å². The predicted molar refractivity (Wildman–Crippen MR) is 64.9 cm³/mol. The van der Waals surface area contributed by atoms with Gasteiger partial charge in [-0.15, -0.1) is 0 Å². The zero-order valence-electron chi connectivity index (χ0n) is 10.0. The van der Waals surface area contributed by atoms with Crippen LogP contribution in [0.1, 0.15) is 36.7 Å². The molecule has 0 bridgehead atoms. The number of nitrogens with one attached hydrogen (secondary N) is 2. The first-order valence-corrected chi connectivity index (χ1v) is 7.32. The molecule has 3 N–H and O–H groups in total. The summed E-state index contributed by atoms with van der Waals surface area (Å²) in [5, 5.41) is 8.73. The number of carbonyl (C=O) groups is 1. The lowest BCUT2D eigenvalue weighted by Crippen LogP contribution is -2.40. The Labute approximate surface area is 105 Å². The standard InChI is InChI=1S/C11H16N2O4S/c1-7(8-3-2-4-8)13-18(16,17)9-5-10(11(14)15)12-6-9/h5-8,12-13H,2-4H2,1H3,(H,14,15). The van der Waals surface area contributed by atoms with Crippen LogP contribution in [0.3, 0.4) is 0 Å². The van der Waals surface area contributed by atoms with Gasteiger partial charge in [0.05, 0.1) is 0 Å². The fourth-order valence-electron chi connectivity index (χ4n) is 2.00. The fraction of sp³-hybridized carbons (Fsp3) is 0.545.